The Morgan fingerprint density at radius 2 is 1.46 bits per heavy atom. The molecule has 0 saturated heterocycles. The van der Waals surface area contributed by atoms with Gasteiger partial charge in [-0.1, -0.05) is 24.3 Å². The Morgan fingerprint density at radius 1 is 0.857 bits per heavy atom. The number of imide groups is 1. The van der Waals surface area contributed by atoms with Crippen LogP contribution in [0.1, 0.15) is 31.8 Å². The van der Waals surface area contributed by atoms with E-state index < -0.39 is 11.8 Å². The van der Waals surface area contributed by atoms with Crippen LogP contribution in [0.5, 0.6) is 5.75 Å². The van der Waals surface area contributed by atoms with Gasteiger partial charge in [-0.25, -0.2) is 4.39 Å². The van der Waals surface area contributed by atoms with Crippen LogP contribution in [-0.2, 0) is 6.61 Å². The summed E-state index contributed by atoms with van der Waals surface area (Å²) in [4.78, 5) is 24.5. The Bertz CT molecular complexity index is 1020. The van der Waals surface area contributed by atoms with Crippen LogP contribution in [0.4, 0.5) is 4.39 Å². The van der Waals surface area contributed by atoms with Crippen LogP contribution in [0.15, 0.2) is 77.9 Å². The number of hydrogen-bond acceptors (Lipinski definition) is 4. The summed E-state index contributed by atoms with van der Waals surface area (Å²) in [6.07, 6.45) is 1.45. The Labute approximate surface area is 160 Å². The number of carbonyl (C=O) groups excluding carboxylic acids is 2. The third-order valence-corrected chi connectivity index (χ3v) is 4.29. The first-order valence-electron chi connectivity index (χ1n) is 8.61. The number of nitrogens with zero attached hydrogens (tertiary/aromatic N) is 2. The van der Waals surface area contributed by atoms with Gasteiger partial charge in [-0.05, 0) is 59.7 Å². The quantitative estimate of drug-likeness (QED) is 0.500. The molecule has 0 spiro atoms. The van der Waals surface area contributed by atoms with Gasteiger partial charge in [-0.2, -0.15) is 10.1 Å². The van der Waals surface area contributed by atoms with Crippen molar-refractivity contribution >= 4 is 18.0 Å². The van der Waals surface area contributed by atoms with Crippen molar-refractivity contribution in [3.8, 4) is 5.75 Å². The van der Waals surface area contributed by atoms with E-state index in [1.165, 1.54) is 18.3 Å². The minimum absolute atomic E-state index is 0.287. The number of rotatable bonds is 5. The Kier molecular flexibility index (Phi) is 4.68. The molecule has 0 aliphatic carbocycles. The minimum atomic E-state index is -0.434. The fourth-order valence-electron chi connectivity index (χ4n) is 2.80. The summed E-state index contributed by atoms with van der Waals surface area (Å²) < 4.78 is 18.6. The zero-order chi connectivity index (χ0) is 19.5. The molecular weight excluding hydrogens is 359 g/mol. The van der Waals surface area contributed by atoms with E-state index in [0.29, 0.717) is 29.0 Å². The van der Waals surface area contributed by atoms with Crippen LogP contribution in [0.3, 0.4) is 0 Å². The summed E-state index contributed by atoms with van der Waals surface area (Å²) in [6, 6.07) is 19.8. The highest BCUT2D eigenvalue weighted by molar-refractivity contribution is 6.21. The van der Waals surface area contributed by atoms with E-state index in [9.17, 15) is 14.0 Å². The SMILES string of the molecule is O=C1c2ccccc2C(=O)N1N=Cc1ccc(OCc2ccc(F)cc2)cc1. The average molecular weight is 374 g/mol. The van der Waals surface area contributed by atoms with Gasteiger partial charge in [0, 0.05) is 0 Å². The van der Waals surface area contributed by atoms with Crippen LogP contribution in [-0.4, -0.2) is 23.0 Å². The van der Waals surface area contributed by atoms with Gasteiger partial charge in [-0.15, -0.1) is 0 Å². The molecule has 138 valence electrons. The monoisotopic (exact) mass is 374 g/mol. The number of ether oxygens (including phenoxy) is 1. The van der Waals surface area contributed by atoms with Crippen molar-refractivity contribution in [2.75, 3.05) is 0 Å². The van der Waals surface area contributed by atoms with Gasteiger partial charge in [0.15, 0.2) is 0 Å². The van der Waals surface area contributed by atoms with Gasteiger partial charge in [0.05, 0.1) is 17.3 Å². The lowest BCUT2D eigenvalue weighted by atomic mass is 10.1. The average Bonchev–Trinajstić information content (AvgIpc) is 2.97. The van der Waals surface area contributed by atoms with Crippen molar-refractivity contribution in [1.82, 2.24) is 5.01 Å². The van der Waals surface area contributed by atoms with Crippen molar-refractivity contribution in [1.29, 1.82) is 0 Å². The molecule has 1 aliphatic heterocycles. The van der Waals surface area contributed by atoms with Gasteiger partial charge in [0.2, 0.25) is 0 Å². The molecule has 3 aromatic carbocycles. The third kappa shape index (κ3) is 3.53. The van der Waals surface area contributed by atoms with E-state index in [4.69, 9.17) is 4.74 Å². The van der Waals surface area contributed by atoms with Crippen LogP contribution in [0, 0.1) is 5.82 Å². The summed E-state index contributed by atoms with van der Waals surface area (Å²) in [5.41, 5.74) is 2.28. The molecule has 4 rings (SSSR count). The molecule has 0 aromatic heterocycles. The first kappa shape index (κ1) is 17.6. The number of benzene rings is 3. The molecule has 0 unspecified atom stereocenters. The van der Waals surface area contributed by atoms with Crippen LogP contribution in [0.25, 0.3) is 0 Å². The van der Waals surface area contributed by atoms with E-state index in [1.54, 1.807) is 60.7 Å². The van der Waals surface area contributed by atoms with Gasteiger partial charge < -0.3 is 4.74 Å². The van der Waals surface area contributed by atoms with E-state index in [1.807, 2.05) is 0 Å². The van der Waals surface area contributed by atoms with E-state index in [0.717, 1.165) is 10.6 Å². The smallest absolute Gasteiger partial charge is 0.282 e. The normalized spacial score (nSPS) is 13.2. The summed E-state index contributed by atoms with van der Waals surface area (Å²) in [5.74, 6) is -0.514. The molecule has 1 heterocycles. The first-order chi connectivity index (χ1) is 13.6. The first-order valence-corrected chi connectivity index (χ1v) is 8.61. The molecule has 0 atom stereocenters. The summed E-state index contributed by atoms with van der Waals surface area (Å²) in [7, 11) is 0. The Hall–Kier alpha value is -3.80. The summed E-state index contributed by atoms with van der Waals surface area (Å²) in [6.45, 7) is 0.322. The molecule has 0 bridgehead atoms. The van der Waals surface area contributed by atoms with Gasteiger partial charge >= 0.3 is 0 Å². The molecule has 1 aliphatic rings. The predicted octanol–water partition coefficient (Wildman–Crippen LogP) is 4.03. The zero-order valence-corrected chi connectivity index (χ0v) is 14.7. The van der Waals surface area contributed by atoms with E-state index in [-0.39, 0.29) is 5.82 Å². The number of hydrogen-bond donors (Lipinski definition) is 0. The number of carbonyl (C=O) groups is 2. The molecule has 0 fully saturated rings. The Balaban J connectivity index is 1.40. The molecule has 0 saturated carbocycles. The highest BCUT2D eigenvalue weighted by Gasteiger charge is 2.35. The second kappa shape index (κ2) is 7.44. The van der Waals surface area contributed by atoms with Crippen molar-refractivity contribution in [3.63, 3.8) is 0 Å². The van der Waals surface area contributed by atoms with Crippen molar-refractivity contribution in [3.05, 3.63) is 101 Å². The molecule has 3 aromatic rings. The molecule has 0 N–H and O–H groups in total. The molecule has 6 heteroatoms. The topological polar surface area (TPSA) is 59.0 Å². The van der Waals surface area contributed by atoms with Crippen LogP contribution in [0.2, 0.25) is 0 Å². The zero-order valence-electron chi connectivity index (χ0n) is 14.7. The van der Waals surface area contributed by atoms with Crippen LogP contribution < -0.4 is 4.74 Å². The van der Waals surface area contributed by atoms with Gasteiger partial charge in [-0.3, -0.25) is 9.59 Å². The lowest BCUT2D eigenvalue weighted by Crippen LogP contribution is -2.23. The molecule has 2 amide bonds. The van der Waals surface area contributed by atoms with Crippen molar-refractivity contribution in [2.24, 2.45) is 5.10 Å². The van der Waals surface area contributed by atoms with Crippen molar-refractivity contribution in [2.45, 2.75) is 6.61 Å². The molecule has 0 radical (unpaired) electrons. The summed E-state index contributed by atoms with van der Waals surface area (Å²) in [5, 5.41) is 4.90. The van der Waals surface area contributed by atoms with Gasteiger partial charge in [0.1, 0.15) is 18.2 Å². The molecular formula is C22H15FN2O3. The lowest BCUT2D eigenvalue weighted by Gasteiger charge is -2.07. The second-order valence-corrected chi connectivity index (χ2v) is 6.20. The van der Waals surface area contributed by atoms with Crippen LogP contribution >= 0.6 is 0 Å². The Morgan fingerprint density at radius 3 is 2.07 bits per heavy atom. The fraction of sp³-hybridized carbons (Fsp3) is 0.0455. The number of amides is 2. The lowest BCUT2D eigenvalue weighted by molar-refractivity contribution is 0.0660. The maximum absolute atomic E-state index is 12.9. The third-order valence-electron chi connectivity index (χ3n) is 4.29. The molecule has 28 heavy (non-hydrogen) atoms. The number of halogens is 1. The minimum Gasteiger partial charge on any atom is -0.489 e. The van der Waals surface area contributed by atoms with E-state index in [2.05, 4.69) is 5.10 Å². The van der Waals surface area contributed by atoms with Crippen molar-refractivity contribution < 1.29 is 18.7 Å². The maximum atomic E-state index is 12.9. The van der Waals surface area contributed by atoms with Gasteiger partial charge in [0.25, 0.3) is 11.8 Å². The fourth-order valence-corrected chi connectivity index (χ4v) is 2.80. The molecule has 5 nitrogen and oxygen atoms in total. The highest BCUT2D eigenvalue weighted by Crippen LogP contribution is 2.22. The maximum Gasteiger partial charge on any atom is 0.282 e. The number of hydrazone groups is 1. The summed E-state index contributed by atoms with van der Waals surface area (Å²) >= 11 is 0. The van der Waals surface area contributed by atoms with E-state index >= 15 is 0 Å². The largest absolute Gasteiger partial charge is 0.489 e. The standard InChI is InChI=1S/C22H15FN2O3/c23-17-9-5-16(6-10-17)14-28-18-11-7-15(8-12-18)13-24-25-21(26)19-3-1-2-4-20(19)22(25)27/h1-13H,14H2. The predicted molar refractivity (Wildman–Crippen MR) is 102 cm³/mol. The second-order valence-electron chi connectivity index (χ2n) is 6.20. The number of fused-ring (bicyclic) bond motifs is 1. The highest BCUT2D eigenvalue weighted by atomic mass is 19.1.